The van der Waals surface area contributed by atoms with Crippen molar-refractivity contribution < 1.29 is 23.8 Å². The molecule has 1 aliphatic rings. The topological polar surface area (TPSA) is 73.9 Å². The molecule has 106 valence electrons. The van der Waals surface area contributed by atoms with Crippen LogP contribution in [0.5, 0.6) is 11.5 Å². The number of methoxy groups -OCH3 is 2. The van der Waals surface area contributed by atoms with Gasteiger partial charge in [0, 0.05) is 23.3 Å². The van der Waals surface area contributed by atoms with E-state index in [4.69, 9.17) is 14.2 Å². The first-order chi connectivity index (χ1) is 9.63. The first-order valence-corrected chi connectivity index (χ1v) is 5.98. The van der Waals surface area contributed by atoms with Crippen LogP contribution in [0.4, 0.5) is 0 Å². The average Bonchev–Trinajstić information content (AvgIpc) is 2.77. The summed E-state index contributed by atoms with van der Waals surface area (Å²) in [6, 6.07) is 5.38. The summed E-state index contributed by atoms with van der Waals surface area (Å²) in [6.07, 6.45) is 1.24. The Balaban J connectivity index is 1.96. The van der Waals surface area contributed by atoms with E-state index in [2.05, 4.69) is 5.32 Å². The van der Waals surface area contributed by atoms with Crippen molar-refractivity contribution in [1.82, 2.24) is 5.32 Å². The van der Waals surface area contributed by atoms with Crippen LogP contribution in [0.25, 0.3) is 0 Å². The zero-order valence-electron chi connectivity index (χ0n) is 11.3. The van der Waals surface area contributed by atoms with Crippen molar-refractivity contribution in [3.05, 3.63) is 35.4 Å². The number of amides is 2. The van der Waals surface area contributed by atoms with E-state index in [-0.39, 0.29) is 13.2 Å². The van der Waals surface area contributed by atoms with E-state index >= 15 is 0 Å². The molecule has 0 saturated heterocycles. The molecule has 0 fully saturated rings. The Bertz CT molecular complexity index is 565. The molecule has 0 aliphatic carbocycles. The first kappa shape index (κ1) is 14.1. The number of carbonyl (C=O) groups excluding carboxylic acids is 2. The van der Waals surface area contributed by atoms with Gasteiger partial charge >= 0.3 is 0 Å². The van der Waals surface area contributed by atoms with Gasteiger partial charge in [-0.1, -0.05) is 0 Å². The molecule has 6 heteroatoms. The summed E-state index contributed by atoms with van der Waals surface area (Å²) >= 11 is 0. The summed E-state index contributed by atoms with van der Waals surface area (Å²) in [5.74, 6) is 0.520. The van der Waals surface area contributed by atoms with Crippen molar-refractivity contribution in [2.75, 3.05) is 20.8 Å². The van der Waals surface area contributed by atoms with Crippen LogP contribution in [0.3, 0.4) is 0 Å². The predicted molar refractivity (Wildman–Crippen MR) is 70.4 cm³/mol. The molecule has 2 rings (SSSR count). The van der Waals surface area contributed by atoms with Gasteiger partial charge in [-0.3, -0.25) is 14.9 Å². The van der Waals surface area contributed by atoms with Gasteiger partial charge in [0.25, 0.3) is 11.8 Å². The second kappa shape index (κ2) is 6.21. The van der Waals surface area contributed by atoms with Crippen LogP contribution >= 0.6 is 0 Å². The van der Waals surface area contributed by atoms with E-state index in [1.807, 2.05) is 6.07 Å². The van der Waals surface area contributed by atoms with Gasteiger partial charge in [-0.25, -0.2) is 0 Å². The van der Waals surface area contributed by atoms with E-state index in [0.717, 1.165) is 5.56 Å². The predicted octanol–water partition coefficient (Wildman–Crippen LogP) is 0.803. The normalized spacial score (nSPS) is 14.0. The third kappa shape index (κ3) is 3.16. The standard InChI is InChI=1S/C14H15NO5/c1-18-11-4-3-9(12(6-11)19-2)7-20-8-10-5-13(16)15-14(10)17/h3-6H,7-8H2,1-2H3,(H,15,16,17). The highest BCUT2D eigenvalue weighted by molar-refractivity contribution is 6.16. The quantitative estimate of drug-likeness (QED) is 0.779. The van der Waals surface area contributed by atoms with Crippen LogP contribution in [0.2, 0.25) is 0 Å². The lowest BCUT2D eigenvalue weighted by atomic mass is 10.2. The van der Waals surface area contributed by atoms with E-state index in [1.54, 1.807) is 26.4 Å². The van der Waals surface area contributed by atoms with Gasteiger partial charge in [0.1, 0.15) is 11.5 Å². The molecule has 0 saturated carbocycles. The Morgan fingerprint density at radius 3 is 2.50 bits per heavy atom. The number of ether oxygens (including phenoxy) is 3. The maximum absolute atomic E-state index is 11.3. The SMILES string of the molecule is COc1ccc(COCC2=CC(=O)NC2=O)c(OC)c1. The lowest BCUT2D eigenvalue weighted by molar-refractivity contribution is -0.124. The van der Waals surface area contributed by atoms with E-state index < -0.39 is 11.8 Å². The molecule has 0 radical (unpaired) electrons. The van der Waals surface area contributed by atoms with Crippen molar-refractivity contribution >= 4 is 11.8 Å². The zero-order chi connectivity index (χ0) is 14.5. The smallest absolute Gasteiger partial charge is 0.256 e. The summed E-state index contributed by atoms with van der Waals surface area (Å²) < 4.78 is 15.8. The van der Waals surface area contributed by atoms with E-state index in [9.17, 15) is 9.59 Å². The number of benzene rings is 1. The molecule has 2 amide bonds. The van der Waals surface area contributed by atoms with Crippen molar-refractivity contribution in [3.8, 4) is 11.5 Å². The minimum atomic E-state index is -0.407. The van der Waals surface area contributed by atoms with E-state index in [0.29, 0.717) is 17.1 Å². The second-order valence-electron chi connectivity index (χ2n) is 4.16. The number of nitrogens with one attached hydrogen (secondary N) is 1. The van der Waals surface area contributed by atoms with Crippen LogP contribution in [0.15, 0.2) is 29.8 Å². The molecule has 1 aromatic rings. The lowest BCUT2D eigenvalue weighted by Crippen LogP contribution is -2.23. The summed E-state index contributed by atoms with van der Waals surface area (Å²) in [7, 11) is 3.14. The third-order valence-electron chi connectivity index (χ3n) is 2.84. The first-order valence-electron chi connectivity index (χ1n) is 5.98. The Morgan fingerprint density at radius 1 is 1.10 bits per heavy atom. The molecule has 0 aromatic heterocycles. The second-order valence-corrected chi connectivity index (χ2v) is 4.16. The Hall–Kier alpha value is -2.34. The molecule has 1 aromatic carbocycles. The summed E-state index contributed by atoms with van der Waals surface area (Å²) in [5, 5.41) is 2.16. The fraction of sp³-hybridized carbons (Fsp3) is 0.286. The van der Waals surface area contributed by atoms with Gasteiger partial charge in [0.2, 0.25) is 0 Å². The van der Waals surface area contributed by atoms with Crippen LogP contribution in [0, 0.1) is 0 Å². The highest BCUT2D eigenvalue weighted by atomic mass is 16.5. The van der Waals surface area contributed by atoms with Crippen LogP contribution in [0.1, 0.15) is 5.56 Å². The fourth-order valence-electron chi connectivity index (χ4n) is 1.80. The Labute approximate surface area is 116 Å². The Morgan fingerprint density at radius 2 is 1.90 bits per heavy atom. The molecule has 0 spiro atoms. The molecule has 0 unspecified atom stereocenters. The number of carbonyl (C=O) groups is 2. The van der Waals surface area contributed by atoms with Gasteiger partial charge < -0.3 is 14.2 Å². The lowest BCUT2D eigenvalue weighted by Gasteiger charge is -2.10. The molecule has 1 heterocycles. The maximum atomic E-state index is 11.3. The Kier molecular flexibility index (Phi) is 4.37. The summed E-state index contributed by atoms with van der Waals surface area (Å²) in [5.41, 5.74) is 1.15. The molecular formula is C14H15NO5. The molecule has 6 nitrogen and oxygen atoms in total. The zero-order valence-corrected chi connectivity index (χ0v) is 11.3. The van der Waals surface area contributed by atoms with Crippen LogP contribution in [-0.2, 0) is 20.9 Å². The number of imide groups is 1. The third-order valence-corrected chi connectivity index (χ3v) is 2.84. The molecule has 0 atom stereocenters. The largest absolute Gasteiger partial charge is 0.497 e. The monoisotopic (exact) mass is 277 g/mol. The van der Waals surface area contributed by atoms with Crippen molar-refractivity contribution in [3.63, 3.8) is 0 Å². The van der Waals surface area contributed by atoms with Crippen molar-refractivity contribution in [2.45, 2.75) is 6.61 Å². The van der Waals surface area contributed by atoms with E-state index in [1.165, 1.54) is 6.08 Å². The van der Waals surface area contributed by atoms with Crippen LogP contribution < -0.4 is 14.8 Å². The highest BCUT2D eigenvalue weighted by Gasteiger charge is 2.20. The van der Waals surface area contributed by atoms with Crippen molar-refractivity contribution in [1.29, 1.82) is 0 Å². The summed E-state index contributed by atoms with van der Waals surface area (Å²) in [4.78, 5) is 22.3. The van der Waals surface area contributed by atoms with Gasteiger partial charge in [-0.05, 0) is 12.1 Å². The molecule has 0 bridgehead atoms. The van der Waals surface area contributed by atoms with Crippen molar-refractivity contribution in [2.24, 2.45) is 0 Å². The number of hydrogen-bond donors (Lipinski definition) is 1. The highest BCUT2D eigenvalue weighted by Crippen LogP contribution is 2.25. The number of hydrogen-bond acceptors (Lipinski definition) is 5. The van der Waals surface area contributed by atoms with Gasteiger partial charge in [0.05, 0.1) is 27.4 Å². The van der Waals surface area contributed by atoms with Gasteiger partial charge in [-0.2, -0.15) is 0 Å². The van der Waals surface area contributed by atoms with Gasteiger partial charge in [-0.15, -0.1) is 0 Å². The van der Waals surface area contributed by atoms with Crippen LogP contribution in [-0.4, -0.2) is 32.6 Å². The minimum Gasteiger partial charge on any atom is -0.497 e. The van der Waals surface area contributed by atoms with Gasteiger partial charge in [0.15, 0.2) is 0 Å². The molecule has 1 aliphatic heterocycles. The molecule has 20 heavy (non-hydrogen) atoms. The summed E-state index contributed by atoms with van der Waals surface area (Å²) in [6.45, 7) is 0.346. The number of rotatable bonds is 6. The molecular weight excluding hydrogens is 262 g/mol. The molecule has 1 N–H and O–H groups in total. The maximum Gasteiger partial charge on any atom is 0.256 e. The fourth-order valence-corrected chi connectivity index (χ4v) is 1.80. The minimum absolute atomic E-state index is 0.0761. The average molecular weight is 277 g/mol.